The van der Waals surface area contributed by atoms with Crippen molar-refractivity contribution in [1.82, 2.24) is 15.5 Å². The predicted octanol–water partition coefficient (Wildman–Crippen LogP) is 6.23. The molecule has 0 radical (unpaired) electrons. The molecular weight excluding hydrogens is 832 g/mol. The van der Waals surface area contributed by atoms with Crippen LogP contribution in [0.4, 0.5) is 0 Å². The monoisotopic (exact) mass is 892 g/mol. The molecule has 0 heterocycles. The zero-order valence-electron chi connectivity index (χ0n) is 37.2. The molecule has 13 nitrogen and oxygen atoms in total. The van der Waals surface area contributed by atoms with Gasteiger partial charge in [-0.2, -0.15) is 0 Å². The Morgan fingerprint density at radius 1 is 0.641 bits per heavy atom. The number of nitrogens with one attached hydrogen (secondary N) is 2. The molecule has 14 heteroatoms. The summed E-state index contributed by atoms with van der Waals surface area (Å²) in [7, 11) is -3.71. The van der Waals surface area contributed by atoms with Gasteiger partial charge in [-0.25, -0.2) is 0 Å². The summed E-state index contributed by atoms with van der Waals surface area (Å²) in [6, 6.07) is 44.6. The van der Waals surface area contributed by atoms with Gasteiger partial charge < -0.3 is 0 Å². The van der Waals surface area contributed by atoms with Gasteiger partial charge in [0, 0.05) is 0 Å². The van der Waals surface area contributed by atoms with E-state index in [4.69, 9.17) is 14.2 Å². The number of methoxy groups -OCH3 is 2. The summed E-state index contributed by atoms with van der Waals surface area (Å²) in [6.45, 7) is 6.12. The molecule has 0 saturated heterocycles. The number of carbonyl (C=O) groups excluding carboxylic acids is 2. The third-order valence-corrected chi connectivity index (χ3v) is 14.5. The van der Waals surface area contributed by atoms with Gasteiger partial charge in [0.2, 0.25) is 0 Å². The Morgan fingerprint density at radius 2 is 1.00 bits per heavy atom. The van der Waals surface area contributed by atoms with Gasteiger partial charge in [-0.3, -0.25) is 0 Å². The van der Waals surface area contributed by atoms with E-state index in [1.54, 1.807) is 65.6 Å². The summed E-state index contributed by atoms with van der Waals surface area (Å²) in [5.41, 5.74) is -1.25. The van der Waals surface area contributed by atoms with Crippen LogP contribution in [0.3, 0.4) is 0 Å². The van der Waals surface area contributed by atoms with Crippen molar-refractivity contribution in [2.45, 2.75) is 75.0 Å². The number of aliphatic hydroxyl groups excluding tert-OH is 1. The number of rotatable bonds is 22. The maximum atomic E-state index is 13.5. The van der Waals surface area contributed by atoms with Crippen LogP contribution in [0.25, 0.3) is 0 Å². The number of amides is 2. The average Bonchev–Trinajstić information content (AvgIpc) is 3.30. The van der Waals surface area contributed by atoms with Gasteiger partial charge in [0.15, 0.2) is 0 Å². The molecule has 5 rings (SSSR count). The molecule has 6 N–H and O–H groups in total. The fourth-order valence-electron chi connectivity index (χ4n) is 8.92. The molecule has 340 valence electrons. The number of carbonyl (C=O) groups is 2. The Bertz CT molecular complexity index is 2110. The van der Waals surface area contributed by atoms with Crippen molar-refractivity contribution in [3.63, 3.8) is 0 Å². The molecule has 0 spiro atoms. The van der Waals surface area contributed by atoms with Gasteiger partial charge in [0.1, 0.15) is 0 Å². The second kappa shape index (κ2) is 21.5. The first-order chi connectivity index (χ1) is 30.5. The van der Waals surface area contributed by atoms with E-state index in [1.807, 2.05) is 119 Å². The number of ether oxygens (including phenoxy) is 3. The number of aliphatic hydroxyl groups is 1. The molecule has 2 amide bonds. The number of nitrogens with zero attached hydrogens (tertiary/aromatic N) is 2. The topological polar surface area (TPSA) is 194 Å². The van der Waals surface area contributed by atoms with E-state index in [0.29, 0.717) is 16.7 Å². The second-order valence-corrected chi connectivity index (χ2v) is 19.8. The Balaban J connectivity index is 1.69. The molecule has 64 heavy (non-hydrogen) atoms. The van der Waals surface area contributed by atoms with Gasteiger partial charge in [-0.1, -0.05) is 0 Å². The number of benzene rings is 5. The second-order valence-electron chi connectivity index (χ2n) is 16.4. The van der Waals surface area contributed by atoms with Crippen molar-refractivity contribution in [2.75, 3.05) is 33.6 Å². The van der Waals surface area contributed by atoms with Crippen molar-refractivity contribution in [2.24, 2.45) is 0 Å². The van der Waals surface area contributed by atoms with E-state index in [2.05, 4.69) is 16.7 Å². The molecule has 0 saturated carbocycles. The average molecular weight is 893 g/mol. The molecule has 0 aliphatic heterocycles. The Morgan fingerprint density at radius 3 is 1.33 bits per heavy atom. The first-order valence-electron chi connectivity index (χ1n) is 21.2. The van der Waals surface area contributed by atoms with Crippen LogP contribution >= 0.6 is 7.28 Å². The van der Waals surface area contributed by atoms with Crippen molar-refractivity contribution in [3.8, 4) is 6.07 Å². The number of nitriles is 1. The number of hydrogen-bond acceptors (Lipinski definition) is 11. The molecule has 5 aromatic rings. The fourth-order valence-corrected chi connectivity index (χ4v) is 11.6. The van der Waals surface area contributed by atoms with Crippen LogP contribution in [0, 0.1) is 11.3 Å². The van der Waals surface area contributed by atoms with Crippen molar-refractivity contribution in [3.05, 3.63) is 179 Å². The van der Waals surface area contributed by atoms with E-state index in [9.17, 15) is 34.6 Å². The summed E-state index contributed by atoms with van der Waals surface area (Å²) in [5.74, 6) is -3.47. The van der Waals surface area contributed by atoms with Gasteiger partial charge in [-0.15, -0.1) is 0 Å². The van der Waals surface area contributed by atoms with Crippen molar-refractivity contribution in [1.29, 1.82) is 5.26 Å². The van der Waals surface area contributed by atoms with Crippen LogP contribution in [0.5, 0.6) is 0 Å². The molecule has 0 fully saturated rings. The first-order valence-corrected chi connectivity index (χ1v) is 23.6. The Hall–Kier alpha value is -5.36. The molecule has 3 unspecified atom stereocenters. The van der Waals surface area contributed by atoms with E-state index >= 15 is 0 Å². The van der Waals surface area contributed by atoms with E-state index in [0.717, 1.165) is 0 Å². The molecule has 0 bridgehead atoms. The Kier molecular flexibility index (Phi) is 16.7. The normalized spacial score (nSPS) is 14.4. The molecular formula is C50H61N4O9P. The van der Waals surface area contributed by atoms with E-state index in [1.165, 1.54) is 14.2 Å². The third-order valence-electron chi connectivity index (χ3n) is 11.6. The molecule has 5 aromatic carbocycles. The predicted molar refractivity (Wildman–Crippen MR) is 248 cm³/mol. The zero-order valence-corrected chi connectivity index (χ0v) is 38.1. The molecule has 0 aromatic heterocycles. The van der Waals surface area contributed by atoms with Crippen LogP contribution in [-0.2, 0) is 19.6 Å². The van der Waals surface area contributed by atoms with Crippen molar-refractivity contribution >= 4 is 19.1 Å². The van der Waals surface area contributed by atoms with Crippen LogP contribution in [0.15, 0.2) is 152 Å². The van der Waals surface area contributed by atoms with Crippen LogP contribution in [0.2, 0.25) is 0 Å². The first kappa shape index (κ1) is 49.7. The molecule has 0 aliphatic rings. The quantitative estimate of drug-likeness (QED) is 0.0262. The van der Waals surface area contributed by atoms with Crippen molar-refractivity contribution < 1.29 is 43.6 Å². The Labute approximate surface area is 376 Å². The van der Waals surface area contributed by atoms with Gasteiger partial charge in [0.25, 0.3) is 0 Å². The summed E-state index contributed by atoms with van der Waals surface area (Å²) >= 11 is 0. The standard InChI is InChI=1S/C50H61N4O9P/c1-36(2)54(37(3)4)43(32-51)35-64(58,59,60)45(34-63-33-44(55)46(52-47(56)38-22-12-7-13-23-38)53-48(57)39-24-14-8-15-25-39)50(61-5,62-6)49(40-26-16-9-17-27-40,41-28-18-10-19-29-41)42-30-20-11-21-31-42/h7-31,36-37,43-46,55,58-60H,33-35H2,1-6H3,(H,52,56)(H,53,57). The van der Waals surface area contributed by atoms with Crippen LogP contribution in [-0.4, -0.2) is 112 Å². The minimum atomic E-state index is -6.38. The summed E-state index contributed by atoms with van der Waals surface area (Å²) < 4.78 is 19.5. The van der Waals surface area contributed by atoms with E-state index < -0.39 is 73.6 Å². The SMILES string of the molecule is COC(OC)(C(COCC(O)C(NC(=O)c1ccccc1)NC(=O)c1ccccc1)P(O)(O)(O)CC(C#N)N(C(C)C)C(C)C)C(c1ccccc1)(c1ccccc1)c1ccccc1. The van der Waals surface area contributed by atoms with E-state index in [-0.39, 0.29) is 23.2 Å². The number of hydrogen-bond donors (Lipinski definition) is 6. The molecule has 0 aliphatic carbocycles. The third kappa shape index (κ3) is 10.8. The maximum absolute atomic E-state index is 13.5. The van der Waals surface area contributed by atoms with Gasteiger partial charge in [0.05, 0.1) is 0 Å². The van der Waals surface area contributed by atoms with Crippen LogP contribution < -0.4 is 10.6 Å². The summed E-state index contributed by atoms with van der Waals surface area (Å²) in [5, 5.41) is 27.9. The fraction of sp³-hybridized carbons (Fsp3) is 0.340. The zero-order chi connectivity index (χ0) is 46.6. The van der Waals surface area contributed by atoms with Gasteiger partial charge in [-0.05, 0) is 0 Å². The van der Waals surface area contributed by atoms with Gasteiger partial charge >= 0.3 is 378 Å². The summed E-state index contributed by atoms with van der Waals surface area (Å²) in [6.07, 6.45) is -3.90. The van der Waals surface area contributed by atoms with Crippen LogP contribution in [0.1, 0.15) is 65.1 Å². The minimum absolute atomic E-state index is 0.248. The summed E-state index contributed by atoms with van der Waals surface area (Å²) in [4.78, 5) is 67.6. The molecule has 3 atom stereocenters.